The van der Waals surface area contributed by atoms with Crippen LogP contribution in [0.2, 0.25) is 0 Å². The van der Waals surface area contributed by atoms with E-state index in [2.05, 4.69) is 0 Å². The molecule has 0 fully saturated rings. The Bertz CT molecular complexity index is 538. The summed E-state index contributed by atoms with van der Waals surface area (Å²) in [5.74, 6) is -50.4. The van der Waals surface area contributed by atoms with Gasteiger partial charge in [-0.1, -0.05) is 12.6 Å². The predicted octanol–water partition coefficient (Wildman–Crippen LogP) is 6.37. The summed E-state index contributed by atoms with van der Waals surface area (Å²) in [5.41, 5.74) is 0. The lowest BCUT2D eigenvalue weighted by atomic mass is 9.90. The zero-order chi connectivity index (χ0) is 22.7. The van der Waals surface area contributed by atoms with E-state index in [1.165, 1.54) is 12.6 Å². The van der Waals surface area contributed by atoms with E-state index >= 15 is 0 Å². The maximum atomic E-state index is 13.2. The second-order valence-electron chi connectivity index (χ2n) is 5.31. The van der Waals surface area contributed by atoms with Crippen LogP contribution in [0.3, 0.4) is 0 Å². The number of hydrogen-bond acceptors (Lipinski definition) is 1. The molecule has 0 aliphatic carbocycles. The second kappa shape index (κ2) is 6.37. The van der Waals surface area contributed by atoms with Crippen molar-refractivity contribution in [2.24, 2.45) is 0 Å². The van der Waals surface area contributed by atoms with Crippen molar-refractivity contribution in [3.63, 3.8) is 0 Å². The van der Waals surface area contributed by atoms with Gasteiger partial charge in [0.1, 0.15) is 0 Å². The number of halogens is 16. The van der Waals surface area contributed by atoms with Gasteiger partial charge in [0.25, 0.3) is 0 Å². The fourth-order valence-electron chi connectivity index (χ4n) is 1.36. The Labute approximate surface area is 144 Å². The fourth-order valence-corrected chi connectivity index (χ4v) is 1.50. The summed E-state index contributed by atoms with van der Waals surface area (Å²) in [6.07, 6.45) is -4.20. The minimum Gasteiger partial charge on any atom is -0.200 e. The molecule has 0 saturated carbocycles. The lowest BCUT2D eigenvalue weighted by Gasteiger charge is -2.41. The third-order valence-corrected chi connectivity index (χ3v) is 3.39. The van der Waals surface area contributed by atoms with Gasteiger partial charge in [0, 0.05) is 6.92 Å². The van der Waals surface area contributed by atoms with E-state index in [0.29, 0.717) is 0 Å². The van der Waals surface area contributed by atoms with Crippen molar-refractivity contribution < 1.29 is 70.2 Å². The van der Waals surface area contributed by atoms with Crippen LogP contribution in [0.25, 0.3) is 0 Å². The van der Waals surface area contributed by atoms with Gasteiger partial charge in [-0.2, -0.15) is 61.5 Å². The molecule has 0 N–H and O–H groups in total. The minimum atomic E-state index is -8.11. The molecule has 0 saturated heterocycles. The van der Waals surface area contributed by atoms with Gasteiger partial charge in [0.2, 0.25) is 0 Å². The first-order chi connectivity index (χ1) is 11.2. The third kappa shape index (κ3) is 3.88. The normalized spacial score (nSPS) is 16.7. The Hall–Kier alpha value is -0.770. The highest BCUT2D eigenvalue weighted by molar-refractivity contribution is 7.81. The number of thiol groups is 1. The molecular weight excluding hydrogens is 456 g/mol. The average molecular weight is 462 g/mol. The molecule has 0 bridgehead atoms. The largest absolute Gasteiger partial charge is 0.387 e. The van der Waals surface area contributed by atoms with Gasteiger partial charge < -0.3 is 0 Å². The van der Waals surface area contributed by atoms with Crippen LogP contribution in [0.5, 0.6) is 0 Å². The molecule has 0 radical (unpaired) electrons. The first-order valence-corrected chi connectivity index (χ1v) is 6.40. The number of rotatable bonds is 8. The topological polar surface area (TPSA) is 0 Å². The zero-order valence-corrected chi connectivity index (χ0v) is 13.1. The molecule has 27 heavy (non-hydrogen) atoms. The Balaban J connectivity index is 6.32. The summed E-state index contributed by atoms with van der Waals surface area (Å²) >= 11 is 1.49. The van der Waals surface area contributed by atoms with E-state index in [1.807, 2.05) is 0 Å². The molecule has 0 atom stereocenters. The Morgan fingerprint density at radius 2 is 0.778 bits per heavy atom. The Morgan fingerprint density at radius 3 is 1.04 bits per heavy atom. The van der Waals surface area contributed by atoms with E-state index in [0.717, 1.165) is 0 Å². The van der Waals surface area contributed by atoms with Crippen molar-refractivity contribution in [1.29, 1.82) is 0 Å². The molecule has 0 nitrogen and oxygen atoms in total. The maximum Gasteiger partial charge on any atom is 0.387 e. The molecule has 0 aliphatic heterocycles. The van der Waals surface area contributed by atoms with Crippen LogP contribution in [0.1, 0.15) is 13.3 Å². The van der Waals surface area contributed by atoms with Crippen LogP contribution < -0.4 is 0 Å². The number of hydrogen-bond donors (Lipinski definition) is 1. The van der Waals surface area contributed by atoms with Gasteiger partial charge >= 0.3 is 46.7 Å². The molecule has 0 aromatic rings. The summed E-state index contributed by atoms with van der Waals surface area (Å²) < 4.78 is 205. The van der Waals surface area contributed by atoms with Crippen molar-refractivity contribution in [3.8, 4) is 0 Å². The monoisotopic (exact) mass is 462 g/mol. The van der Waals surface area contributed by atoms with Crippen molar-refractivity contribution in [2.75, 3.05) is 0 Å². The predicted molar refractivity (Wildman–Crippen MR) is 58.9 cm³/mol. The molecule has 164 valence electrons. The molecular formula is C10H6F16S. The van der Waals surface area contributed by atoms with Gasteiger partial charge in [-0.15, -0.1) is 0 Å². The molecule has 0 aromatic heterocycles. The van der Waals surface area contributed by atoms with Gasteiger partial charge in [-0.3, -0.25) is 0 Å². The molecule has 0 heterocycles. The van der Waals surface area contributed by atoms with Gasteiger partial charge in [-0.05, 0) is 0 Å². The van der Waals surface area contributed by atoms with Crippen molar-refractivity contribution in [2.45, 2.75) is 60.1 Å². The molecule has 0 aromatic carbocycles. The summed E-state index contributed by atoms with van der Waals surface area (Å²) in [4.78, 5) is 0. The van der Waals surface area contributed by atoms with Crippen molar-refractivity contribution in [1.82, 2.24) is 0 Å². The van der Waals surface area contributed by atoms with Crippen molar-refractivity contribution in [3.05, 3.63) is 0 Å². The van der Waals surface area contributed by atoms with Gasteiger partial charge in [-0.25, -0.2) is 8.78 Å². The van der Waals surface area contributed by atoms with Gasteiger partial charge in [0.15, 0.2) is 0 Å². The maximum absolute atomic E-state index is 13.2. The smallest absolute Gasteiger partial charge is 0.200 e. The number of alkyl halides is 16. The molecule has 0 amide bonds. The van der Waals surface area contributed by atoms with E-state index < -0.39 is 60.1 Å². The van der Waals surface area contributed by atoms with Crippen LogP contribution in [0, 0.1) is 0 Å². The average Bonchev–Trinajstić information content (AvgIpc) is 2.33. The first kappa shape index (κ1) is 26.2. The van der Waals surface area contributed by atoms with E-state index in [1.54, 1.807) is 0 Å². The first-order valence-electron chi connectivity index (χ1n) is 5.95. The molecule has 0 spiro atoms. The lowest BCUT2D eigenvalue weighted by molar-refractivity contribution is -0.421. The van der Waals surface area contributed by atoms with E-state index in [9.17, 15) is 70.2 Å². The highest BCUT2D eigenvalue weighted by Crippen LogP contribution is 2.62. The van der Waals surface area contributed by atoms with Crippen LogP contribution in [-0.2, 0) is 0 Å². The minimum absolute atomic E-state index is 0.830. The molecule has 17 heteroatoms. The highest BCUT2D eigenvalue weighted by atomic mass is 32.1. The van der Waals surface area contributed by atoms with Crippen LogP contribution in [0.15, 0.2) is 0 Å². The summed E-state index contributed by atoms with van der Waals surface area (Å²) in [5, 5.41) is -6.47. The summed E-state index contributed by atoms with van der Waals surface area (Å²) in [7, 11) is 0. The van der Waals surface area contributed by atoms with Crippen molar-refractivity contribution >= 4 is 12.6 Å². The van der Waals surface area contributed by atoms with E-state index in [4.69, 9.17) is 0 Å². The molecule has 0 rings (SSSR count). The SMILES string of the molecule is CC(F)(F)C(F)(F)CC(F)(F)C(F)(F)C(F)(F)C(F)(F)C(F)(F)C(F)(F)S. The van der Waals surface area contributed by atoms with Crippen LogP contribution >= 0.6 is 12.6 Å². The lowest BCUT2D eigenvalue weighted by Crippen LogP contribution is -2.70. The quantitative estimate of drug-likeness (QED) is 0.315. The van der Waals surface area contributed by atoms with Crippen LogP contribution in [0.4, 0.5) is 70.2 Å². The zero-order valence-electron chi connectivity index (χ0n) is 12.2. The molecule has 0 aliphatic rings. The fraction of sp³-hybridized carbons (Fsp3) is 1.00. The molecule has 0 unspecified atom stereocenters. The van der Waals surface area contributed by atoms with E-state index in [-0.39, 0.29) is 0 Å². The second-order valence-corrected chi connectivity index (χ2v) is 5.87. The Morgan fingerprint density at radius 1 is 0.481 bits per heavy atom. The summed E-state index contributed by atoms with van der Waals surface area (Å²) in [6.45, 7) is -0.830. The third-order valence-electron chi connectivity index (χ3n) is 3.11. The van der Waals surface area contributed by atoms with Crippen LogP contribution in [-0.4, -0.2) is 46.7 Å². The highest BCUT2D eigenvalue weighted by Gasteiger charge is 2.90. The Kier molecular flexibility index (Phi) is 6.19. The summed E-state index contributed by atoms with van der Waals surface area (Å²) in [6, 6.07) is 0. The van der Waals surface area contributed by atoms with Gasteiger partial charge in [0.05, 0.1) is 6.42 Å². The standard InChI is InChI=1S/C10H6F16S/c1-3(11,12)4(13,14)2-5(15,16)6(17,18)7(19,20)8(21,22)9(23,24)10(25,26)27/h27H,2H2,1H3.